The van der Waals surface area contributed by atoms with Gasteiger partial charge in [-0.2, -0.15) is 0 Å². The first-order valence-corrected chi connectivity index (χ1v) is 10.8. The molecule has 6 nitrogen and oxygen atoms in total. The van der Waals surface area contributed by atoms with E-state index in [1.54, 1.807) is 30.6 Å². The number of hydrogen-bond acceptors (Lipinski definition) is 6. The van der Waals surface area contributed by atoms with E-state index >= 15 is 0 Å². The number of hydrogen-bond donors (Lipinski definition) is 1. The summed E-state index contributed by atoms with van der Waals surface area (Å²) in [7, 11) is 1.69. The van der Waals surface area contributed by atoms with Crippen LogP contribution in [0.5, 0.6) is 5.75 Å². The lowest BCUT2D eigenvalue weighted by atomic mass is 9.93. The number of thiophene rings is 1. The number of morpholine rings is 1. The molecule has 1 fully saturated rings. The van der Waals surface area contributed by atoms with E-state index in [1.165, 1.54) is 16.7 Å². The Labute approximate surface area is 180 Å². The fraction of sp³-hybridized carbons (Fsp3) is 0.348. The Morgan fingerprint density at radius 1 is 1.17 bits per heavy atom. The highest BCUT2D eigenvalue weighted by molar-refractivity contribution is 7.16. The van der Waals surface area contributed by atoms with Crippen LogP contribution in [0.2, 0.25) is 0 Å². The number of nitrogens with one attached hydrogen (secondary N) is 1. The van der Waals surface area contributed by atoms with Crippen LogP contribution in [0.25, 0.3) is 0 Å². The summed E-state index contributed by atoms with van der Waals surface area (Å²) in [5.41, 5.74) is 3.36. The smallest absolute Gasteiger partial charge is 0.291 e. The van der Waals surface area contributed by atoms with E-state index in [-0.39, 0.29) is 11.9 Å². The number of carbonyl (C=O) groups is 1. The molecule has 1 aliphatic heterocycles. The summed E-state index contributed by atoms with van der Waals surface area (Å²) in [4.78, 5) is 16.3. The van der Waals surface area contributed by atoms with Crippen molar-refractivity contribution in [3.63, 3.8) is 0 Å². The Bertz CT molecular complexity index is 1010. The first kappa shape index (κ1) is 20.7. The zero-order valence-corrected chi connectivity index (χ0v) is 18.3. The van der Waals surface area contributed by atoms with Crippen LogP contribution < -0.4 is 10.1 Å². The van der Waals surface area contributed by atoms with Gasteiger partial charge in [-0.3, -0.25) is 9.69 Å². The van der Waals surface area contributed by atoms with E-state index in [2.05, 4.69) is 30.1 Å². The van der Waals surface area contributed by atoms with E-state index in [1.807, 2.05) is 18.2 Å². The van der Waals surface area contributed by atoms with Crippen LogP contribution >= 0.6 is 11.3 Å². The number of ether oxygens (including phenoxy) is 2. The van der Waals surface area contributed by atoms with Gasteiger partial charge in [0, 0.05) is 29.1 Å². The van der Waals surface area contributed by atoms with Gasteiger partial charge in [-0.25, -0.2) is 0 Å². The van der Waals surface area contributed by atoms with Crippen molar-refractivity contribution < 1.29 is 18.7 Å². The van der Waals surface area contributed by atoms with Crippen molar-refractivity contribution in [1.82, 2.24) is 4.90 Å². The molecule has 4 rings (SSSR count). The van der Waals surface area contributed by atoms with Gasteiger partial charge in [-0.15, -0.1) is 11.3 Å². The zero-order valence-electron chi connectivity index (χ0n) is 17.4. The summed E-state index contributed by atoms with van der Waals surface area (Å²) in [6.07, 6.45) is 1.51. The van der Waals surface area contributed by atoms with Crippen molar-refractivity contribution in [3.8, 4) is 5.75 Å². The van der Waals surface area contributed by atoms with Gasteiger partial charge in [0.15, 0.2) is 5.76 Å². The third-order valence-electron chi connectivity index (χ3n) is 5.52. The maximum absolute atomic E-state index is 12.7. The number of furan rings is 1. The second-order valence-corrected chi connectivity index (χ2v) is 8.48. The van der Waals surface area contributed by atoms with Crippen molar-refractivity contribution in [2.75, 3.05) is 38.7 Å². The maximum atomic E-state index is 12.7. The molecule has 158 valence electrons. The quantitative estimate of drug-likeness (QED) is 0.622. The number of rotatable bonds is 6. The van der Waals surface area contributed by atoms with Crippen LogP contribution in [0.3, 0.4) is 0 Å². The van der Waals surface area contributed by atoms with Gasteiger partial charge >= 0.3 is 0 Å². The average Bonchev–Trinajstić information content (AvgIpc) is 3.40. The first-order valence-electron chi connectivity index (χ1n) is 9.99. The molecule has 0 radical (unpaired) electrons. The van der Waals surface area contributed by atoms with Crippen LogP contribution in [0.1, 0.15) is 38.2 Å². The topological polar surface area (TPSA) is 63.9 Å². The lowest BCUT2D eigenvalue weighted by Gasteiger charge is -2.36. The Morgan fingerprint density at radius 2 is 1.93 bits per heavy atom. The molecule has 0 aliphatic carbocycles. The number of aryl methyl sites for hydroxylation is 1. The molecular weight excluding hydrogens is 400 g/mol. The normalized spacial score (nSPS) is 15.7. The molecule has 1 saturated heterocycles. The van der Waals surface area contributed by atoms with Crippen LogP contribution in [0.15, 0.2) is 47.1 Å². The van der Waals surface area contributed by atoms with Crippen molar-refractivity contribution in [3.05, 3.63) is 70.0 Å². The highest BCUT2D eigenvalue weighted by Crippen LogP contribution is 2.44. The number of methoxy groups -OCH3 is 1. The van der Waals surface area contributed by atoms with E-state index in [4.69, 9.17) is 13.9 Å². The lowest BCUT2D eigenvalue weighted by molar-refractivity contribution is 0.0236. The predicted octanol–water partition coefficient (Wildman–Crippen LogP) is 4.64. The van der Waals surface area contributed by atoms with Crippen LogP contribution in [0.4, 0.5) is 5.00 Å². The van der Waals surface area contributed by atoms with Crippen LogP contribution in [-0.2, 0) is 4.74 Å². The van der Waals surface area contributed by atoms with Crippen molar-refractivity contribution in [2.24, 2.45) is 0 Å². The number of anilines is 1. The lowest BCUT2D eigenvalue weighted by Crippen LogP contribution is -2.40. The van der Waals surface area contributed by atoms with Crippen molar-refractivity contribution in [2.45, 2.75) is 19.9 Å². The van der Waals surface area contributed by atoms with E-state index in [0.29, 0.717) is 19.0 Å². The molecule has 3 aromatic rings. The minimum Gasteiger partial charge on any atom is -0.496 e. The predicted molar refractivity (Wildman–Crippen MR) is 118 cm³/mol. The van der Waals surface area contributed by atoms with Gasteiger partial charge in [0.25, 0.3) is 5.91 Å². The molecule has 1 aromatic carbocycles. The third kappa shape index (κ3) is 4.01. The van der Waals surface area contributed by atoms with E-state index < -0.39 is 0 Å². The number of amides is 1. The molecule has 7 heteroatoms. The summed E-state index contributed by atoms with van der Waals surface area (Å²) in [5.74, 6) is 0.883. The number of carbonyl (C=O) groups excluding carboxylic acids is 1. The number of benzene rings is 1. The average molecular weight is 427 g/mol. The molecule has 1 N–H and O–H groups in total. The molecule has 2 aromatic heterocycles. The molecule has 0 saturated carbocycles. The minimum atomic E-state index is -0.247. The van der Waals surface area contributed by atoms with Gasteiger partial charge in [-0.05, 0) is 37.6 Å². The van der Waals surface area contributed by atoms with Crippen molar-refractivity contribution >= 4 is 22.2 Å². The van der Waals surface area contributed by atoms with Gasteiger partial charge in [-0.1, -0.05) is 18.2 Å². The number of para-hydroxylation sites is 1. The first-order chi connectivity index (χ1) is 14.6. The highest BCUT2D eigenvalue weighted by atomic mass is 32.1. The molecule has 0 bridgehead atoms. The number of nitrogens with zero attached hydrogens (tertiary/aromatic N) is 1. The molecule has 1 amide bonds. The second kappa shape index (κ2) is 9.04. The Balaban J connectivity index is 1.81. The largest absolute Gasteiger partial charge is 0.496 e. The van der Waals surface area contributed by atoms with E-state index in [0.717, 1.165) is 35.0 Å². The SMILES string of the molecule is COc1ccccc1C(c1c(NC(=O)c2ccco2)sc(C)c1C)N1CCOCC1. The van der Waals surface area contributed by atoms with Gasteiger partial charge in [0.1, 0.15) is 10.8 Å². The summed E-state index contributed by atoms with van der Waals surface area (Å²) in [6.45, 7) is 7.19. The summed E-state index contributed by atoms with van der Waals surface area (Å²) in [5, 5.41) is 3.93. The minimum absolute atomic E-state index is 0.0538. The highest BCUT2D eigenvalue weighted by Gasteiger charge is 2.32. The summed E-state index contributed by atoms with van der Waals surface area (Å²) in [6, 6.07) is 11.4. The van der Waals surface area contributed by atoms with Gasteiger partial charge in [0.2, 0.25) is 0 Å². The molecule has 30 heavy (non-hydrogen) atoms. The van der Waals surface area contributed by atoms with Crippen LogP contribution in [0, 0.1) is 13.8 Å². The Hall–Kier alpha value is -2.61. The van der Waals surface area contributed by atoms with Gasteiger partial charge < -0.3 is 19.2 Å². The molecule has 1 unspecified atom stereocenters. The maximum Gasteiger partial charge on any atom is 0.291 e. The Morgan fingerprint density at radius 3 is 2.63 bits per heavy atom. The van der Waals surface area contributed by atoms with Crippen molar-refractivity contribution in [1.29, 1.82) is 0 Å². The summed E-state index contributed by atoms with van der Waals surface area (Å²) < 4.78 is 16.6. The third-order valence-corrected chi connectivity index (χ3v) is 6.66. The molecular formula is C23H26N2O4S. The molecule has 1 atom stereocenters. The fourth-order valence-electron chi connectivity index (χ4n) is 3.90. The second-order valence-electron chi connectivity index (χ2n) is 7.25. The Kier molecular flexibility index (Phi) is 6.22. The standard InChI is InChI=1S/C23H26N2O4S/c1-15-16(2)30-23(24-22(26)19-9-6-12-29-19)20(15)21(25-10-13-28-14-11-25)17-7-4-5-8-18(17)27-3/h4-9,12,21H,10-11,13-14H2,1-3H3,(H,24,26). The molecule has 3 heterocycles. The molecule has 1 aliphatic rings. The zero-order chi connectivity index (χ0) is 21.1. The summed E-state index contributed by atoms with van der Waals surface area (Å²) >= 11 is 1.59. The van der Waals surface area contributed by atoms with E-state index in [9.17, 15) is 4.79 Å². The molecule has 0 spiro atoms. The monoisotopic (exact) mass is 426 g/mol. The van der Waals surface area contributed by atoms with Crippen LogP contribution in [-0.4, -0.2) is 44.2 Å². The fourth-order valence-corrected chi connectivity index (χ4v) is 4.99. The van der Waals surface area contributed by atoms with Gasteiger partial charge in [0.05, 0.1) is 32.6 Å².